The average molecular weight is 471 g/mol. The summed E-state index contributed by atoms with van der Waals surface area (Å²) in [5.74, 6) is 1.90. The Kier molecular flexibility index (Phi) is 6.10. The lowest BCUT2D eigenvalue weighted by Gasteiger charge is -2.21. The molecule has 3 aromatic rings. The molecule has 9 heteroatoms. The molecule has 0 radical (unpaired) electrons. The number of hydrogen-bond donors (Lipinski definition) is 1. The zero-order valence-electron chi connectivity index (χ0n) is 18.2. The van der Waals surface area contributed by atoms with Crippen molar-refractivity contribution in [3.05, 3.63) is 41.2 Å². The van der Waals surface area contributed by atoms with Crippen molar-refractivity contribution in [3.63, 3.8) is 0 Å². The van der Waals surface area contributed by atoms with Gasteiger partial charge in [-0.2, -0.15) is 0 Å². The van der Waals surface area contributed by atoms with Crippen molar-refractivity contribution in [2.45, 2.75) is 56.3 Å². The first-order chi connectivity index (χ1) is 15.6. The summed E-state index contributed by atoms with van der Waals surface area (Å²) in [7, 11) is 0. The lowest BCUT2D eigenvalue weighted by atomic mass is 9.96. The second-order valence-corrected chi connectivity index (χ2v) is 10.4. The molecular formula is C23H26N4O3S2. The fourth-order valence-corrected chi connectivity index (χ4v) is 6.13. The van der Waals surface area contributed by atoms with Crippen molar-refractivity contribution in [1.29, 1.82) is 0 Å². The molecule has 1 aliphatic carbocycles. The van der Waals surface area contributed by atoms with Gasteiger partial charge in [-0.1, -0.05) is 42.4 Å². The number of nitrogens with one attached hydrogen (secondary N) is 1. The van der Waals surface area contributed by atoms with Crippen molar-refractivity contribution in [3.8, 4) is 17.2 Å². The molecule has 0 saturated heterocycles. The number of thioether (sulfide) groups is 1. The summed E-state index contributed by atoms with van der Waals surface area (Å²) in [6, 6.07) is 8.30. The number of nitrogens with zero attached hydrogens (tertiary/aromatic N) is 3. The number of hydrogen-bond acceptors (Lipinski definition) is 8. The Morgan fingerprint density at radius 2 is 1.97 bits per heavy atom. The molecule has 1 aliphatic heterocycles. The van der Waals surface area contributed by atoms with E-state index in [0.29, 0.717) is 11.8 Å². The molecule has 1 saturated carbocycles. The van der Waals surface area contributed by atoms with E-state index in [-0.39, 0.29) is 12.6 Å². The smallest absolute Gasteiger partial charge is 0.231 e. The first-order valence-corrected chi connectivity index (χ1v) is 12.7. The molecule has 0 spiro atoms. The van der Waals surface area contributed by atoms with E-state index in [1.807, 2.05) is 38.1 Å². The Balaban J connectivity index is 1.25. The van der Waals surface area contributed by atoms with Crippen LogP contribution >= 0.6 is 23.1 Å². The molecule has 0 amide bonds. The largest absolute Gasteiger partial charge is 0.454 e. The molecule has 0 unspecified atom stereocenters. The van der Waals surface area contributed by atoms with E-state index in [1.54, 1.807) is 0 Å². The molecule has 7 nitrogen and oxygen atoms in total. The van der Waals surface area contributed by atoms with Gasteiger partial charge in [0.2, 0.25) is 11.9 Å². The summed E-state index contributed by atoms with van der Waals surface area (Å²) in [5, 5.41) is 12.9. The maximum Gasteiger partial charge on any atom is 0.231 e. The van der Waals surface area contributed by atoms with Gasteiger partial charge < -0.3 is 19.4 Å². The number of carbonyl (C=O) groups is 1. The highest BCUT2D eigenvalue weighted by Gasteiger charge is 2.20. The van der Waals surface area contributed by atoms with Gasteiger partial charge in [-0.15, -0.1) is 10.2 Å². The van der Waals surface area contributed by atoms with E-state index in [1.165, 1.54) is 55.2 Å². The highest BCUT2D eigenvalue weighted by atomic mass is 32.2. The van der Waals surface area contributed by atoms with Crippen molar-refractivity contribution >= 4 is 34.0 Å². The van der Waals surface area contributed by atoms with E-state index >= 15 is 0 Å². The van der Waals surface area contributed by atoms with Gasteiger partial charge >= 0.3 is 0 Å². The third-order valence-electron chi connectivity index (χ3n) is 6.01. The number of carbonyl (C=O) groups excluding carboxylic acids is 1. The maximum atomic E-state index is 13.0. The van der Waals surface area contributed by atoms with Crippen molar-refractivity contribution in [2.75, 3.05) is 17.9 Å². The topological polar surface area (TPSA) is 78.3 Å². The quantitative estimate of drug-likeness (QED) is 0.366. The number of ether oxygens (including phenoxy) is 2. The number of aryl methyl sites for hydroxylation is 1. The van der Waals surface area contributed by atoms with E-state index < -0.39 is 0 Å². The minimum Gasteiger partial charge on any atom is -0.454 e. The van der Waals surface area contributed by atoms with Gasteiger partial charge in [0, 0.05) is 34.7 Å². The molecule has 3 heterocycles. The van der Waals surface area contributed by atoms with Crippen LogP contribution in [0.3, 0.4) is 0 Å². The fourth-order valence-electron chi connectivity index (χ4n) is 4.42. The Hall–Kier alpha value is -2.52. The average Bonchev–Trinajstić information content (AvgIpc) is 3.51. The second kappa shape index (κ2) is 9.15. The van der Waals surface area contributed by atoms with Crippen LogP contribution in [0.1, 0.15) is 53.8 Å². The van der Waals surface area contributed by atoms with Crippen molar-refractivity contribution < 1.29 is 14.3 Å². The number of rotatable bonds is 7. The first kappa shape index (κ1) is 21.3. The third kappa shape index (κ3) is 4.36. The molecule has 1 aromatic carbocycles. The summed E-state index contributed by atoms with van der Waals surface area (Å²) in [4.78, 5) is 13.0. The van der Waals surface area contributed by atoms with Crippen LogP contribution in [0.5, 0.6) is 11.5 Å². The van der Waals surface area contributed by atoms with Crippen molar-refractivity contribution in [2.24, 2.45) is 0 Å². The van der Waals surface area contributed by atoms with Gasteiger partial charge in [0.05, 0.1) is 5.75 Å². The normalized spacial score (nSPS) is 15.8. The fraction of sp³-hybridized carbons (Fsp3) is 0.435. The predicted octanol–water partition coefficient (Wildman–Crippen LogP) is 5.39. The van der Waals surface area contributed by atoms with Gasteiger partial charge in [0.1, 0.15) is 0 Å². The van der Waals surface area contributed by atoms with Gasteiger partial charge in [0.25, 0.3) is 0 Å². The van der Waals surface area contributed by atoms with Gasteiger partial charge in [0.15, 0.2) is 21.6 Å². The van der Waals surface area contributed by atoms with Crippen LogP contribution in [0.15, 0.2) is 28.6 Å². The van der Waals surface area contributed by atoms with Crippen LogP contribution in [0, 0.1) is 13.8 Å². The van der Waals surface area contributed by atoms with Gasteiger partial charge in [-0.3, -0.25) is 4.79 Å². The number of anilines is 1. The first-order valence-electron chi connectivity index (χ1n) is 10.9. The number of ketones is 1. The zero-order chi connectivity index (χ0) is 22.1. The molecule has 2 aliphatic rings. The van der Waals surface area contributed by atoms with E-state index in [0.717, 1.165) is 43.6 Å². The second-order valence-electron chi connectivity index (χ2n) is 8.22. The number of fused-ring (bicyclic) bond motifs is 1. The van der Waals surface area contributed by atoms with Crippen LogP contribution in [0.2, 0.25) is 0 Å². The molecule has 0 bridgehead atoms. The molecular weight excluding hydrogens is 444 g/mol. The molecule has 5 rings (SSSR count). The summed E-state index contributed by atoms with van der Waals surface area (Å²) in [6.45, 7) is 4.23. The summed E-state index contributed by atoms with van der Waals surface area (Å²) < 4.78 is 13.8. The van der Waals surface area contributed by atoms with Crippen LogP contribution < -0.4 is 14.8 Å². The van der Waals surface area contributed by atoms with Crippen LogP contribution in [-0.2, 0) is 0 Å². The SMILES string of the molecule is Cc1cc(C(=O)CSc2nnc(NC3CCCCC3)s2)c(C)n1-c1ccc2c(c1)OCO2. The van der Waals surface area contributed by atoms with Crippen LogP contribution in [-0.4, -0.2) is 39.1 Å². The summed E-state index contributed by atoms with van der Waals surface area (Å²) in [6.07, 6.45) is 6.26. The molecule has 2 aromatic heterocycles. The lowest BCUT2D eigenvalue weighted by Crippen LogP contribution is -2.21. The zero-order valence-corrected chi connectivity index (χ0v) is 19.9. The predicted molar refractivity (Wildman–Crippen MR) is 127 cm³/mol. The maximum absolute atomic E-state index is 13.0. The highest BCUT2D eigenvalue weighted by Crippen LogP contribution is 2.35. The summed E-state index contributed by atoms with van der Waals surface area (Å²) in [5.41, 5.74) is 3.62. The highest BCUT2D eigenvalue weighted by molar-refractivity contribution is 8.01. The Morgan fingerprint density at radius 3 is 2.81 bits per heavy atom. The minimum absolute atomic E-state index is 0.0899. The Labute approximate surface area is 195 Å². The minimum atomic E-state index is 0.0899. The third-order valence-corrected chi connectivity index (χ3v) is 8.00. The molecule has 1 N–H and O–H groups in total. The monoisotopic (exact) mass is 470 g/mol. The lowest BCUT2D eigenvalue weighted by molar-refractivity contribution is 0.102. The van der Waals surface area contributed by atoms with Crippen molar-refractivity contribution in [1.82, 2.24) is 14.8 Å². The van der Waals surface area contributed by atoms with E-state index in [4.69, 9.17) is 9.47 Å². The van der Waals surface area contributed by atoms with Crippen LogP contribution in [0.25, 0.3) is 5.69 Å². The molecule has 0 atom stereocenters. The van der Waals surface area contributed by atoms with Gasteiger partial charge in [-0.25, -0.2) is 0 Å². The number of aromatic nitrogens is 3. The Bertz CT molecular complexity index is 1130. The van der Waals surface area contributed by atoms with Crippen LogP contribution in [0.4, 0.5) is 5.13 Å². The molecule has 1 fully saturated rings. The number of Topliss-reactive ketones (excluding diaryl/α,β-unsaturated/α-hetero) is 1. The summed E-state index contributed by atoms with van der Waals surface area (Å²) >= 11 is 2.98. The standard InChI is InChI=1S/C23H26N4O3S2/c1-14-10-18(15(2)27(14)17-8-9-20-21(11-17)30-13-29-20)19(28)12-31-23-26-25-22(32-23)24-16-6-4-3-5-7-16/h8-11,16H,3-7,12-13H2,1-2H3,(H,24,25). The van der Waals surface area contributed by atoms with E-state index in [9.17, 15) is 4.79 Å². The van der Waals surface area contributed by atoms with Gasteiger partial charge in [-0.05, 0) is 44.9 Å². The Morgan fingerprint density at radius 1 is 1.16 bits per heavy atom. The molecule has 168 valence electrons. The van der Waals surface area contributed by atoms with E-state index in [2.05, 4.69) is 20.1 Å². The molecule has 32 heavy (non-hydrogen) atoms. The number of benzene rings is 1.